The standard InChI is InChI=1S/C24H25N3O2S/c1-17-21(22-15-19(28-2)10-11-23(22)25-17)12-13-27(16-20-9-6-14-29-20)24(30)26-18-7-4-3-5-8-18/h3-11,14-15,25H,12-13,16H2,1-2H3,(H,26,30). The number of rotatable bonds is 7. The molecule has 0 aliphatic rings. The number of para-hydroxylation sites is 1. The van der Waals surface area contributed by atoms with Gasteiger partial charge in [-0.2, -0.15) is 0 Å². The molecule has 0 amide bonds. The lowest BCUT2D eigenvalue weighted by Crippen LogP contribution is -2.35. The number of H-pyrrole nitrogens is 1. The third-order valence-corrected chi connectivity index (χ3v) is 5.56. The van der Waals surface area contributed by atoms with Crippen LogP contribution in [-0.2, 0) is 13.0 Å². The van der Waals surface area contributed by atoms with Crippen LogP contribution in [0.5, 0.6) is 5.75 Å². The summed E-state index contributed by atoms with van der Waals surface area (Å²) in [5.41, 5.74) is 4.53. The van der Waals surface area contributed by atoms with Gasteiger partial charge < -0.3 is 24.4 Å². The molecule has 30 heavy (non-hydrogen) atoms. The number of hydrogen-bond donors (Lipinski definition) is 2. The Kier molecular flexibility index (Phi) is 6.05. The maximum absolute atomic E-state index is 5.74. The molecule has 0 spiro atoms. The maximum Gasteiger partial charge on any atom is 0.173 e. The lowest BCUT2D eigenvalue weighted by Gasteiger charge is -2.25. The predicted molar refractivity (Wildman–Crippen MR) is 125 cm³/mol. The van der Waals surface area contributed by atoms with Crippen LogP contribution in [0.25, 0.3) is 10.9 Å². The number of methoxy groups -OCH3 is 1. The van der Waals surface area contributed by atoms with Gasteiger partial charge in [-0.25, -0.2) is 0 Å². The van der Waals surface area contributed by atoms with E-state index >= 15 is 0 Å². The summed E-state index contributed by atoms with van der Waals surface area (Å²) < 4.78 is 11.0. The number of nitrogens with one attached hydrogen (secondary N) is 2. The monoisotopic (exact) mass is 419 g/mol. The lowest BCUT2D eigenvalue weighted by molar-refractivity contribution is 0.368. The fourth-order valence-corrected chi connectivity index (χ4v) is 3.90. The second-order valence-corrected chi connectivity index (χ2v) is 7.57. The second kappa shape index (κ2) is 9.05. The quantitative estimate of drug-likeness (QED) is 0.386. The molecule has 4 rings (SSSR count). The average Bonchev–Trinajstić information content (AvgIpc) is 3.38. The number of fused-ring (bicyclic) bond motifs is 1. The van der Waals surface area contributed by atoms with Crippen molar-refractivity contribution in [3.63, 3.8) is 0 Å². The number of hydrogen-bond acceptors (Lipinski definition) is 3. The van der Waals surface area contributed by atoms with E-state index < -0.39 is 0 Å². The van der Waals surface area contributed by atoms with Gasteiger partial charge in [-0.3, -0.25) is 0 Å². The van der Waals surface area contributed by atoms with E-state index in [1.54, 1.807) is 13.4 Å². The highest BCUT2D eigenvalue weighted by Crippen LogP contribution is 2.27. The zero-order valence-electron chi connectivity index (χ0n) is 17.1. The van der Waals surface area contributed by atoms with E-state index in [0.717, 1.165) is 41.4 Å². The van der Waals surface area contributed by atoms with Crippen LogP contribution in [0.3, 0.4) is 0 Å². The molecular formula is C24H25N3O2S. The van der Waals surface area contributed by atoms with E-state index in [1.165, 1.54) is 10.9 Å². The first-order valence-corrected chi connectivity index (χ1v) is 10.3. The number of nitrogens with zero attached hydrogens (tertiary/aromatic N) is 1. The minimum absolute atomic E-state index is 0.608. The van der Waals surface area contributed by atoms with Crippen molar-refractivity contribution in [1.82, 2.24) is 9.88 Å². The largest absolute Gasteiger partial charge is 0.497 e. The van der Waals surface area contributed by atoms with Crippen molar-refractivity contribution in [1.29, 1.82) is 0 Å². The number of thiocarbonyl (C=S) groups is 1. The van der Waals surface area contributed by atoms with E-state index in [2.05, 4.69) is 34.3 Å². The highest BCUT2D eigenvalue weighted by molar-refractivity contribution is 7.80. The summed E-state index contributed by atoms with van der Waals surface area (Å²) in [5.74, 6) is 1.74. The lowest BCUT2D eigenvalue weighted by atomic mass is 10.1. The van der Waals surface area contributed by atoms with Gasteiger partial charge in [0.25, 0.3) is 0 Å². The molecule has 2 aromatic carbocycles. The van der Waals surface area contributed by atoms with Crippen LogP contribution >= 0.6 is 12.2 Å². The van der Waals surface area contributed by atoms with Crippen molar-refractivity contribution in [2.75, 3.05) is 19.0 Å². The van der Waals surface area contributed by atoms with E-state index in [4.69, 9.17) is 21.4 Å². The highest BCUT2D eigenvalue weighted by atomic mass is 32.1. The van der Waals surface area contributed by atoms with E-state index in [-0.39, 0.29) is 0 Å². The molecule has 5 nitrogen and oxygen atoms in total. The second-order valence-electron chi connectivity index (χ2n) is 7.19. The third-order valence-electron chi connectivity index (χ3n) is 5.20. The first-order valence-electron chi connectivity index (χ1n) is 9.92. The molecular weight excluding hydrogens is 394 g/mol. The molecule has 154 valence electrons. The molecule has 0 bridgehead atoms. The number of anilines is 1. The zero-order chi connectivity index (χ0) is 20.9. The summed E-state index contributed by atoms with van der Waals surface area (Å²) in [6.45, 7) is 3.47. The third kappa shape index (κ3) is 4.49. The maximum atomic E-state index is 5.74. The normalized spacial score (nSPS) is 10.9. The average molecular weight is 420 g/mol. The molecule has 0 saturated heterocycles. The highest BCUT2D eigenvalue weighted by Gasteiger charge is 2.16. The van der Waals surface area contributed by atoms with Gasteiger partial charge in [-0.05, 0) is 73.6 Å². The van der Waals surface area contributed by atoms with Gasteiger partial charge >= 0.3 is 0 Å². The number of aryl methyl sites for hydroxylation is 1. The summed E-state index contributed by atoms with van der Waals surface area (Å²) in [5, 5.41) is 5.20. The minimum atomic E-state index is 0.608. The molecule has 2 heterocycles. The van der Waals surface area contributed by atoms with Crippen LogP contribution in [0.1, 0.15) is 17.0 Å². The Bertz CT molecular complexity index is 1120. The van der Waals surface area contributed by atoms with E-state index in [1.807, 2.05) is 48.5 Å². The van der Waals surface area contributed by atoms with Gasteiger partial charge in [0.15, 0.2) is 5.11 Å². The molecule has 0 fully saturated rings. The van der Waals surface area contributed by atoms with Gasteiger partial charge in [-0.15, -0.1) is 0 Å². The number of aromatic amines is 1. The SMILES string of the molecule is COc1ccc2[nH]c(C)c(CCN(Cc3ccco3)C(=S)Nc3ccccc3)c2c1. The molecule has 0 radical (unpaired) electrons. The Morgan fingerprint density at radius 2 is 1.97 bits per heavy atom. The van der Waals surface area contributed by atoms with Crippen LogP contribution in [0, 0.1) is 6.92 Å². The molecule has 0 saturated carbocycles. The molecule has 2 aromatic heterocycles. The van der Waals surface area contributed by atoms with Crippen LogP contribution in [0.4, 0.5) is 5.69 Å². The topological polar surface area (TPSA) is 53.4 Å². The smallest absolute Gasteiger partial charge is 0.173 e. The Labute approximate surface area is 181 Å². The Morgan fingerprint density at radius 1 is 1.13 bits per heavy atom. The first-order chi connectivity index (χ1) is 14.6. The van der Waals surface area contributed by atoms with Gasteiger partial charge in [0.2, 0.25) is 0 Å². The van der Waals surface area contributed by atoms with Gasteiger partial charge in [-0.1, -0.05) is 18.2 Å². The number of furan rings is 1. The van der Waals surface area contributed by atoms with Crippen molar-refractivity contribution in [2.24, 2.45) is 0 Å². The minimum Gasteiger partial charge on any atom is -0.497 e. The van der Waals surface area contributed by atoms with Gasteiger partial charge in [0.05, 0.1) is 19.9 Å². The summed E-state index contributed by atoms with van der Waals surface area (Å²) in [6.07, 6.45) is 2.54. The predicted octanol–water partition coefficient (Wildman–Crippen LogP) is 5.52. The molecule has 2 N–H and O–H groups in total. The van der Waals surface area contributed by atoms with Crippen LogP contribution in [0.2, 0.25) is 0 Å². The summed E-state index contributed by atoms with van der Waals surface area (Å²) in [4.78, 5) is 5.61. The van der Waals surface area contributed by atoms with Crippen LogP contribution < -0.4 is 10.1 Å². The van der Waals surface area contributed by atoms with Crippen molar-refractivity contribution in [3.05, 3.63) is 83.9 Å². The van der Waals surface area contributed by atoms with Gasteiger partial charge in [0, 0.05) is 28.8 Å². The Morgan fingerprint density at radius 3 is 2.70 bits per heavy atom. The summed E-state index contributed by atoms with van der Waals surface area (Å²) in [6, 6.07) is 20.0. The van der Waals surface area contributed by atoms with Gasteiger partial charge in [0.1, 0.15) is 11.5 Å². The van der Waals surface area contributed by atoms with E-state index in [9.17, 15) is 0 Å². The molecule has 0 aliphatic heterocycles. The van der Waals surface area contributed by atoms with E-state index in [0.29, 0.717) is 11.7 Å². The zero-order valence-corrected chi connectivity index (χ0v) is 18.0. The molecule has 6 heteroatoms. The fourth-order valence-electron chi connectivity index (χ4n) is 3.62. The first kappa shape index (κ1) is 20.0. The van der Waals surface area contributed by atoms with Crippen molar-refractivity contribution >= 4 is 33.9 Å². The molecule has 0 atom stereocenters. The van der Waals surface area contributed by atoms with Crippen LogP contribution in [0.15, 0.2) is 71.3 Å². The molecule has 0 aliphatic carbocycles. The van der Waals surface area contributed by atoms with Crippen molar-refractivity contribution < 1.29 is 9.15 Å². The number of aromatic nitrogens is 1. The summed E-state index contributed by atoms with van der Waals surface area (Å²) in [7, 11) is 1.69. The van der Waals surface area contributed by atoms with Crippen molar-refractivity contribution in [3.8, 4) is 5.75 Å². The number of ether oxygens (including phenoxy) is 1. The van der Waals surface area contributed by atoms with Crippen LogP contribution in [-0.4, -0.2) is 28.7 Å². The Hall–Kier alpha value is -3.25. The molecule has 0 unspecified atom stereocenters. The Balaban J connectivity index is 1.55. The summed E-state index contributed by atoms with van der Waals surface area (Å²) >= 11 is 5.74. The fraction of sp³-hybridized carbons (Fsp3) is 0.208. The number of benzene rings is 2. The molecule has 4 aromatic rings. The van der Waals surface area contributed by atoms with Crippen molar-refractivity contribution in [2.45, 2.75) is 19.9 Å².